The number of nitrogens with zero attached hydrogens (tertiary/aromatic N) is 3. The number of halogens is 1. The van der Waals surface area contributed by atoms with E-state index < -0.39 is 0 Å². The van der Waals surface area contributed by atoms with Crippen molar-refractivity contribution in [1.29, 1.82) is 0 Å². The van der Waals surface area contributed by atoms with E-state index in [2.05, 4.69) is 65.8 Å². The SMILES string of the molecule is CCNC(=NCC(C)(C)c1cccs1)NCCCN1CCCN(C)CC1.I. The summed E-state index contributed by atoms with van der Waals surface area (Å²) >= 11 is 1.81. The molecule has 5 nitrogen and oxygen atoms in total. The van der Waals surface area contributed by atoms with E-state index in [1.807, 2.05) is 11.3 Å². The van der Waals surface area contributed by atoms with Gasteiger partial charge in [0.15, 0.2) is 5.96 Å². The van der Waals surface area contributed by atoms with Gasteiger partial charge in [0.1, 0.15) is 0 Å². The van der Waals surface area contributed by atoms with Crippen molar-refractivity contribution in [2.24, 2.45) is 4.99 Å². The molecule has 0 atom stereocenters. The number of rotatable bonds is 8. The second-order valence-electron chi connectivity index (χ2n) is 7.84. The van der Waals surface area contributed by atoms with Crippen LogP contribution in [-0.4, -0.2) is 75.2 Å². The van der Waals surface area contributed by atoms with Crippen molar-refractivity contribution in [2.45, 2.75) is 39.0 Å². The van der Waals surface area contributed by atoms with Crippen molar-refractivity contribution in [3.8, 4) is 0 Å². The number of aliphatic imine (C=N–C) groups is 1. The van der Waals surface area contributed by atoms with Gasteiger partial charge in [0.2, 0.25) is 0 Å². The van der Waals surface area contributed by atoms with Crippen LogP contribution in [0.2, 0.25) is 0 Å². The van der Waals surface area contributed by atoms with Crippen LogP contribution >= 0.6 is 35.3 Å². The largest absolute Gasteiger partial charge is 0.357 e. The lowest BCUT2D eigenvalue weighted by molar-refractivity contribution is 0.274. The fourth-order valence-corrected chi connectivity index (χ4v) is 4.04. The quantitative estimate of drug-likeness (QED) is 0.246. The molecule has 2 N–H and O–H groups in total. The second-order valence-corrected chi connectivity index (χ2v) is 8.78. The predicted octanol–water partition coefficient (Wildman–Crippen LogP) is 3.23. The molecule has 1 aromatic heterocycles. The van der Waals surface area contributed by atoms with Gasteiger partial charge in [-0.25, -0.2) is 0 Å². The number of likely N-dealkylation sites (N-methyl/N-ethyl adjacent to an activating group) is 1. The number of nitrogens with one attached hydrogen (secondary N) is 2. The van der Waals surface area contributed by atoms with Crippen LogP contribution in [0.3, 0.4) is 0 Å². The first-order valence-electron chi connectivity index (χ1n) is 9.98. The van der Waals surface area contributed by atoms with E-state index in [1.165, 1.54) is 44.0 Å². The van der Waals surface area contributed by atoms with Crippen LogP contribution < -0.4 is 10.6 Å². The third-order valence-corrected chi connectivity index (χ3v) is 6.16. The van der Waals surface area contributed by atoms with Crippen molar-refractivity contribution < 1.29 is 0 Å². The minimum absolute atomic E-state index is 0. The van der Waals surface area contributed by atoms with E-state index in [9.17, 15) is 0 Å². The molecule has 7 heteroatoms. The van der Waals surface area contributed by atoms with Crippen LogP contribution in [0.25, 0.3) is 0 Å². The van der Waals surface area contributed by atoms with Gasteiger partial charge in [0, 0.05) is 36.5 Å². The molecule has 0 aliphatic carbocycles. The minimum atomic E-state index is 0. The molecule has 2 heterocycles. The topological polar surface area (TPSA) is 42.9 Å². The molecule has 1 aromatic rings. The van der Waals surface area contributed by atoms with Gasteiger partial charge in [0.25, 0.3) is 0 Å². The average Bonchev–Trinajstić information content (AvgIpc) is 3.08. The molecule has 0 saturated carbocycles. The summed E-state index contributed by atoms with van der Waals surface area (Å²) in [5.74, 6) is 0.938. The molecule has 1 fully saturated rings. The first-order valence-corrected chi connectivity index (χ1v) is 10.9. The lowest BCUT2D eigenvalue weighted by Gasteiger charge is -2.22. The maximum absolute atomic E-state index is 4.83. The number of guanidine groups is 1. The van der Waals surface area contributed by atoms with E-state index in [0.717, 1.165) is 32.0 Å². The molecule has 156 valence electrons. The monoisotopic (exact) mass is 507 g/mol. The summed E-state index contributed by atoms with van der Waals surface area (Å²) in [7, 11) is 2.22. The molecule has 0 amide bonds. The van der Waals surface area contributed by atoms with Crippen molar-refractivity contribution in [2.75, 3.05) is 59.4 Å². The molecule has 1 aliphatic heterocycles. The van der Waals surface area contributed by atoms with Gasteiger partial charge in [-0.2, -0.15) is 0 Å². The minimum Gasteiger partial charge on any atom is -0.357 e. The summed E-state index contributed by atoms with van der Waals surface area (Å²) in [6.45, 7) is 15.3. The highest BCUT2D eigenvalue weighted by Crippen LogP contribution is 2.27. The third-order valence-electron chi connectivity index (χ3n) is 4.92. The maximum atomic E-state index is 4.83. The van der Waals surface area contributed by atoms with Gasteiger partial charge in [0.05, 0.1) is 6.54 Å². The molecule has 1 saturated heterocycles. The van der Waals surface area contributed by atoms with Gasteiger partial charge in [-0.15, -0.1) is 35.3 Å². The van der Waals surface area contributed by atoms with E-state index in [4.69, 9.17) is 4.99 Å². The number of hydrogen-bond acceptors (Lipinski definition) is 4. The maximum Gasteiger partial charge on any atom is 0.191 e. The van der Waals surface area contributed by atoms with Crippen molar-refractivity contribution in [3.63, 3.8) is 0 Å². The van der Waals surface area contributed by atoms with Crippen LogP contribution in [0.1, 0.15) is 38.5 Å². The molecular formula is C20H38IN5S. The third kappa shape index (κ3) is 9.11. The van der Waals surface area contributed by atoms with Crippen LogP contribution in [0.5, 0.6) is 0 Å². The van der Waals surface area contributed by atoms with E-state index in [1.54, 1.807) is 0 Å². The highest BCUT2D eigenvalue weighted by atomic mass is 127. The first kappa shape index (κ1) is 24.7. The molecule has 0 spiro atoms. The Morgan fingerprint density at radius 1 is 1.22 bits per heavy atom. The second kappa shape index (κ2) is 13.0. The van der Waals surface area contributed by atoms with Crippen LogP contribution in [0.4, 0.5) is 0 Å². The van der Waals surface area contributed by atoms with Gasteiger partial charge in [-0.05, 0) is 57.9 Å². The lowest BCUT2D eigenvalue weighted by Crippen LogP contribution is -2.40. The first-order chi connectivity index (χ1) is 12.5. The van der Waals surface area contributed by atoms with Gasteiger partial charge < -0.3 is 20.4 Å². The molecule has 0 unspecified atom stereocenters. The Morgan fingerprint density at radius 2 is 2.04 bits per heavy atom. The summed E-state index contributed by atoms with van der Waals surface area (Å²) in [6.07, 6.45) is 2.44. The molecule has 27 heavy (non-hydrogen) atoms. The fraction of sp³-hybridized carbons (Fsp3) is 0.750. The molecule has 0 aromatic carbocycles. The zero-order chi connectivity index (χ0) is 18.8. The normalized spacial score (nSPS) is 17.3. The molecule has 1 aliphatic rings. The Hall–Kier alpha value is -0.380. The van der Waals surface area contributed by atoms with E-state index in [-0.39, 0.29) is 29.4 Å². The zero-order valence-corrected chi connectivity index (χ0v) is 20.6. The van der Waals surface area contributed by atoms with Crippen LogP contribution in [-0.2, 0) is 5.41 Å². The Bertz CT molecular complexity index is 532. The van der Waals surface area contributed by atoms with Crippen LogP contribution in [0, 0.1) is 0 Å². The number of hydrogen-bond donors (Lipinski definition) is 2. The smallest absolute Gasteiger partial charge is 0.191 e. The highest BCUT2D eigenvalue weighted by molar-refractivity contribution is 14.0. The van der Waals surface area contributed by atoms with Gasteiger partial charge >= 0.3 is 0 Å². The van der Waals surface area contributed by atoms with Crippen molar-refractivity contribution in [3.05, 3.63) is 22.4 Å². The lowest BCUT2D eigenvalue weighted by atomic mass is 9.92. The van der Waals surface area contributed by atoms with Crippen molar-refractivity contribution >= 4 is 41.3 Å². The van der Waals surface area contributed by atoms with Crippen LogP contribution in [0.15, 0.2) is 22.5 Å². The zero-order valence-electron chi connectivity index (χ0n) is 17.5. The highest BCUT2D eigenvalue weighted by Gasteiger charge is 2.21. The van der Waals surface area contributed by atoms with Crippen molar-refractivity contribution in [1.82, 2.24) is 20.4 Å². The molecular weight excluding hydrogens is 469 g/mol. The Balaban J connectivity index is 0.00000364. The standard InChI is InChI=1S/C20H37N5S.HI/c1-5-21-19(23-17-20(2,3)18-9-6-16-26-18)22-10-7-12-25-13-8-11-24(4)14-15-25;/h6,9,16H,5,7-8,10-15,17H2,1-4H3,(H2,21,22,23);1H. The fourth-order valence-electron chi connectivity index (χ4n) is 3.19. The summed E-state index contributed by atoms with van der Waals surface area (Å²) in [5.41, 5.74) is 0.0780. The average molecular weight is 508 g/mol. The summed E-state index contributed by atoms with van der Waals surface area (Å²) < 4.78 is 0. The molecule has 2 rings (SSSR count). The van der Waals surface area contributed by atoms with E-state index >= 15 is 0 Å². The Kier molecular flexibility index (Phi) is 11.8. The summed E-state index contributed by atoms with van der Waals surface area (Å²) in [5, 5.41) is 9.03. The Labute approximate surface area is 187 Å². The predicted molar refractivity (Wildman–Crippen MR) is 130 cm³/mol. The van der Waals surface area contributed by atoms with E-state index in [0.29, 0.717) is 0 Å². The molecule has 0 radical (unpaired) electrons. The summed E-state index contributed by atoms with van der Waals surface area (Å²) in [4.78, 5) is 11.2. The number of thiophene rings is 1. The molecule has 0 bridgehead atoms. The van der Waals surface area contributed by atoms with Gasteiger partial charge in [-0.3, -0.25) is 4.99 Å². The summed E-state index contributed by atoms with van der Waals surface area (Å²) in [6, 6.07) is 4.33. The Morgan fingerprint density at radius 3 is 2.74 bits per heavy atom. The van der Waals surface area contributed by atoms with Gasteiger partial charge in [-0.1, -0.05) is 19.9 Å².